The molecule has 0 radical (unpaired) electrons. The number of Topliss-reactive ketones (excluding diaryl/α,β-unsaturated/α-hetero) is 1. The molecule has 4 nitrogen and oxygen atoms in total. The van der Waals surface area contributed by atoms with Crippen LogP contribution in [0.4, 0.5) is 0 Å². The van der Waals surface area contributed by atoms with Gasteiger partial charge in [0, 0.05) is 30.5 Å². The molecule has 0 aromatic rings. The van der Waals surface area contributed by atoms with Gasteiger partial charge in [0.25, 0.3) is 0 Å². The zero-order chi connectivity index (χ0) is 13.9. The van der Waals surface area contributed by atoms with Crippen LogP contribution in [0.3, 0.4) is 0 Å². The predicted octanol–water partition coefficient (Wildman–Crippen LogP) is 2.16. The van der Waals surface area contributed by atoms with E-state index in [0.29, 0.717) is 19.3 Å². The minimum Gasteiger partial charge on any atom is -0.396 e. The van der Waals surface area contributed by atoms with Crippen LogP contribution < -0.4 is 5.32 Å². The maximum atomic E-state index is 11.5. The molecule has 1 saturated heterocycles. The molecular formula is C13H23NO3S2. The third kappa shape index (κ3) is 8.55. The Morgan fingerprint density at radius 2 is 2.05 bits per heavy atom. The molecule has 0 bridgehead atoms. The largest absolute Gasteiger partial charge is 0.396 e. The lowest BCUT2D eigenvalue weighted by Gasteiger charge is -2.07. The van der Waals surface area contributed by atoms with Gasteiger partial charge in [0.1, 0.15) is 0 Å². The predicted molar refractivity (Wildman–Crippen MR) is 81.3 cm³/mol. The monoisotopic (exact) mass is 305 g/mol. The van der Waals surface area contributed by atoms with Gasteiger partial charge in [-0.05, 0) is 25.7 Å². The molecular weight excluding hydrogens is 282 g/mol. The molecule has 1 rings (SSSR count). The second-order valence-electron chi connectivity index (χ2n) is 4.72. The van der Waals surface area contributed by atoms with Gasteiger partial charge in [0.05, 0.1) is 6.54 Å². The van der Waals surface area contributed by atoms with E-state index in [1.807, 2.05) is 21.6 Å². The van der Waals surface area contributed by atoms with E-state index < -0.39 is 0 Å². The molecule has 0 aromatic carbocycles. The van der Waals surface area contributed by atoms with Crippen LogP contribution in [0.5, 0.6) is 0 Å². The van der Waals surface area contributed by atoms with Crippen molar-refractivity contribution in [3.63, 3.8) is 0 Å². The van der Waals surface area contributed by atoms with Crippen LogP contribution in [0.1, 0.15) is 44.9 Å². The lowest BCUT2D eigenvalue weighted by atomic mass is 10.1. The minimum absolute atomic E-state index is 0.0122. The van der Waals surface area contributed by atoms with Gasteiger partial charge in [-0.3, -0.25) is 9.59 Å². The molecule has 2 N–H and O–H groups in total. The molecule has 1 atom stereocenters. The van der Waals surface area contributed by atoms with Crippen LogP contribution in [-0.4, -0.2) is 41.0 Å². The number of nitrogens with one attached hydrogen (secondary N) is 1. The average Bonchev–Trinajstić information content (AvgIpc) is 2.92. The number of ketones is 1. The lowest BCUT2D eigenvalue weighted by molar-refractivity contribution is -0.125. The van der Waals surface area contributed by atoms with Gasteiger partial charge in [-0.15, -0.1) is 0 Å². The number of rotatable bonds is 10. The summed E-state index contributed by atoms with van der Waals surface area (Å²) in [7, 11) is 3.92. The quantitative estimate of drug-likeness (QED) is 0.478. The molecule has 0 aliphatic carbocycles. The van der Waals surface area contributed by atoms with Gasteiger partial charge in [0.2, 0.25) is 5.91 Å². The molecule has 1 aliphatic rings. The highest BCUT2D eigenvalue weighted by atomic mass is 33.1. The van der Waals surface area contributed by atoms with Crippen molar-refractivity contribution in [2.24, 2.45) is 0 Å². The summed E-state index contributed by atoms with van der Waals surface area (Å²) in [6, 6.07) is 0. The highest BCUT2D eigenvalue weighted by Crippen LogP contribution is 2.39. The molecule has 0 spiro atoms. The first-order valence-corrected chi connectivity index (χ1v) is 9.28. The molecule has 1 heterocycles. The maximum absolute atomic E-state index is 11.5. The van der Waals surface area contributed by atoms with Crippen molar-refractivity contribution in [3.05, 3.63) is 0 Å². The number of unbranched alkanes of at least 4 members (excludes halogenated alkanes) is 1. The normalized spacial score (nSPS) is 18.5. The first kappa shape index (κ1) is 16.9. The summed E-state index contributed by atoms with van der Waals surface area (Å²) in [6.07, 6.45) is 5.81. The third-order valence-corrected chi connectivity index (χ3v) is 6.01. The number of amides is 1. The Bertz CT molecular complexity index is 281. The van der Waals surface area contributed by atoms with E-state index in [2.05, 4.69) is 5.32 Å². The molecule has 110 valence electrons. The Hall–Kier alpha value is -0.200. The average molecular weight is 305 g/mol. The Labute approximate surface area is 122 Å². The van der Waals surface area contributed by atoms with Crippen molar-refractivity contribution in [2.45, 2.75) is 50.2 Å². The zero-order valence-electron chi connectivity index (χ0n) is 11.2. The van der Waals surface area contributed by atoms with E-state index in [9.17, 15) is 9.59 Å². The van der Waals surface area contributed by atoms with Crippen LogP contribution in [0.15, 0.2) is 0 Å². The summed E-state index contributed by atoms with van der Waals surface area (Å²) >= 11 is 0. The standard InChI is InChI=1S/C13H23NO3S2/c15-8-3-4-11(16)10-14-13(17)6-2-1-5-12-7-9-18-19-12/h12,15H,1-10H2,(H,14,17). The van der Waals surface area contributed by atoms with E-state index in [4.69, 9.17) is 5.11 Å². The third-order valence-electron chi connectivity index (χ3n) is 3.00. The van der Waals surface area contributed by atoms with E-state index in [0.717, 1.165) is 18.1 Å². The first-order valence-electron chi connectivity index (χ1n) is 6.90. The van der Waals surface area contributed by atoms with E-state index >= 15 is 0 Å². The fourth-order valence-electron chi connectivity index (χ4n) is 1.87. The summed E-state index contributed by atoms with van der Waals surface area (Å²) in [4.78, 5) is 22.8. The first-order chi connectivity index (χ1) is 9.22. The lowest BCUT2D eigenvalue weighted by Crippen LogP contribution is -2.29. The summed E-state index contributed by atoms with van der Waals surface area (Å²) in [5.74, 6) is 1.21. The van der Waals surface area contributed by atoms with Crippen molar-refractivity contribution < 1.29 is 14.7 Å². The van der Waals surface area contributed by atoms with Crippen LogP contribution in [0, 0.1) is 0 Å². The topological polar surface area (TPSA) is 66.4 Å². The molecule has 1 unspecified atom stereocenters. The maximum Gasteiger partial charge on any atom is 0.220 e. The molecule has 19 heavy (non-hydrogen) atoms. The Morgan fingerprint density at radius 3 is 2.74 bits per heavy atom. The summed E-state index contributed by atoms with van der Waals surface area (Å²) in [6.45, 7) is 0.130. The van der Waals surface area contributed by atoms with Gasteiger partial charge in [0.15, 0.2) is 5.78 Å². The van der Waals surface area contributed by atoms with Gasteiger partial charge in [-0.2, -0.15) is 0 Å². The SMILES string of the molecule is O=C(CCCO)CNC(=O)CCCCC1CCSS1. The van der Waals surface area contributed by atoms with Gasteiger partial charge < -0.3 is 10.4 Å². The molecule has 0 aromatic heterocycles. The molecule has 6 heteroatoms. The fraction of sp³-hybridized carbons (Fsp3) is 0.846. The number of aliphatic hydroxyl groups is 1. The van der Waals surface area contributed by atoms with Gasteiger partial charge >= 0.3 is 0 Å². The molecule has 0 saturated carbocycles. The summed E-state index contributed by atoms with van der Waals surface area (Å²) in [5, 5.41) is 12.0. The fourth-order valence-corrected chi connectivity index (χ4v) is 4.90. The molecule has 1 aliphatic heterocycles. The number of hydrogen-bond acceptors (Lipinski definition) is 5. The van der Waals surface area contributed by atoms with Crippen molar-refractivity contribution in [2.75, 3.05) is 18.9 Å². The minimum atomic E-state index is -0.0363. The summed E-state index contributed by atoms with van der Waals surface area (Å²) in [5.41, 5.74) is 0. The summed E-state index contributed by atoms with van der Waals surface area (Å²) < 4.78 is 0. The Kier molecular flexibility index (Phi) is 9.38. The van der Waals surface area contributed by atoms with Crippen molar-refractivity contribution in [3.8, 4) is 0 Å². The van der Waals surface area contributed by atoms with Crippen molar-refractivity contribution >= 4 is 33.3 Å². The van der Waals surface area contributed by atoms with Crippen LogP contribution in [-0.2, 0) is 9.59 Å². The van der Waals surface area contributed by atoms with Gasteiger partial charge in [-0.1, -0.05) is 28.0 Å². The van der Waals surface area contributed by atoms with E-state index in [1.54, 1.807) is 0 Å². The number of carbonyl (C=O) groups excluding carboxylic acids is 2. The van der Waals surface area contributed by atoms with Crippen LogP contribution in [0.2, 0.25) is 0 Å². The Morgan fingerprint density at radius 1 is 1.21 bits per heavy atom. The van der Waals surface area contributed by atoms with E-state index in [1.165, 1.54) is 18.6 Å². The zero-order valence-corrected chi connectivity index (χ0v) is 12.9. The molecule has 1 fully saturated rings. The van der Waals surface area contributed by atoms with E-state index in [-0.39, 0.29) is 24.8 Å². The van der Waals surface area contributed by atoms with Crippen LogP contribution >= 0.6 is 21.6 Å². The van der Waals surface area contributed by atoms with Crippen molar-refractivity contribution in [1.82, 2.24) is 5.32 Å². The number of hydrogen-bond donors (Lipinski definition) is 2. The van der Waals surface area contributed by atoms with Gasteiger partial charge in [-0.25, -0.2) is 0 Å². The number of aliphatic hydroxyl groups excluding tert-OH is 1. The second-order valence-corrected chi connectivity index (χ2v) is 7.50. The van der Waals surface area contributed by atoms with Crippen LogP contribution in [0.25, 0.3) is 0 Å². The smallest absolute Gasteiger partial charge is 0.220 e. The van der Waals surface area contributed by atoms with Crippen molar-refractivity contribution in [1.29, 1.82) is 0 Å². The number of carbonyl (C=O) groups is 2. The highest BCUT2D eigenvalue weighted by Gasteiger charge is 2.15. The molecule has 1 amide bonds. The second kappa shape index (κ2) is 10.6. The highest BCUT2D eigenvalue weighted by molar-refractivity contribution is 8.77. The Balaban J connectivity index is 1.93.